The third kappa shape index (κ3) is 2.16. The molecule has 0 spiro atoms. The van der Waals surface area contributed by atoms with Crippen LogP contribution in [0.3, 0.4) is 0 Å². The fourth-order valence-corrected chi connectivity index (χ4v) is 2.25. The van der Waals surface area contributed by atoms with Gasteiger partial charge in [0.1, 0.15) is 13.2 Å². The number of hydrogen-bond acceptors (Lipinski definition) is 4. The zero-order valence-electron chi connectivity index (χ0n) is 9.30. The smallest absolute Gasteiger partial charge is 0.175 e. The van der Waals surface area contributed by atoms with Crippen LogP contribution in [0.25, 0.3) is 0 Å². The van der Waals surface area contributed by atoms with Crippen LogP contribution in [0.2, 0.25) is 0 Å². The molecule has 0 bridgehead atoms. The van der Waals surface area contributed by atoms with E-state index in [0.717, 1.165) is 27.1 Å². The van der Waals surface area contributed by atoms with Crippen molar-refractivity contribution >= 4 is 15.9 Å². The fraction of sp³-hybridized carbons (Fsp3) is 0.455. The summed E-state index contributed by atoms with van der Waals surface area (Å²) in [5.74, 6) is 1.62. The molecule has 0 atom stereocenters. The van der Waals surface area contributed by atoms with Crippen LogP contribution in [-0.2, 0) is 11.4 Å². The van der Waals surface area contributed by atoms with E-state index in [1.807, 2.05) is 13.0 Å². The Hall–Kier alpha value is -0.780. The summed E-state index contributed by atoms with van der Waals surface area (Å²) in [5.41, 5.74) is 5.03. The van der Waals surface area contributed by atoms with Crippen molar-refractivity contribution < 1.29 is 14.3 Å². The monoisotopic (exact) mass is 287 g/mol. The normalized spacial score (nSPS) is 13.9. The third-order valence-electron chi connectivity index (χ3n) is 2.53. The highest BCUT2D eigenvalue weighted by Gasteiger charge is 2.20. The summed E-state index contributed by atoms with van der Waals surface area (Å²) in [6, 6.07) is 2.02. The quantitative estimate of drug-likeness (QED) is 0.865. The summed E-state index contributed by atoms with van der Waals surface area (Å²) in [7, 11) is 1.60. The van der Waals surface area contributed by atoms with Gasteiger partial charge in [-0.25, -0.2) is 0 Å². The zero-order valence-corrected chi connectivity index (χ0v) is 10.9. The number of rotatable bonds is 3. The molecule has 0 aliphatic carbocycles. The molecule has 1 heterocycles. The predicted molar refractivity (Wildman–Crippen MR) is 63.7 cm³/mol. The average Bonchev–Trinajstić information content (AvgIpc) is 2.32. The van der Waals surface area contributed by atoms with Gasteiger partial charge >= 0.3 is 0 Å². The molecule has 0 unspecified atom stereocenters. The molecular weight excluding hydrogens is 274 g/mol. The highest BCUT2D eigenvalue weighted by Crippen LogP contribution is 2.41. The SMILES string of the molecule is CONCc1cc(Br)c2c(c1C)OCCO2. The minimum atomic E-state index is 0.598. The first-order chi connectivity index (χ1) is 7.74. The number of halogens is 1. The van der Waals surface area contributed by atoms with Crippen LogP contribution in [0.4, 0.5) is 0 Å². The van der Waals surface area contributed by atoms with E-state index in [0.29, 0.717) is 19.8 Å². The maximum absolute atomic E-state index is 5.63. The molecule has 16 heavy (non-hydrogen) atoms. The number of nitrogens with one attached hydrogen (secondary N) is 1. The van der Waals surface area contributed by atoms with Gasteiger partial charge in [0, 0.05) is 6.54 Å². The molecule has 0 amide bonds. The van der Waals surface area contributed by atoms with Crippen LogP contribution < -0.4 is 15.0 Å². The Balaban J connectivity index is 2.37. The highest BCUT2D eigenvalue weighted by molar-refractivity contribution is 9.10. The van der Waals surface area contributed by atoms with Gasteiger partial charge in [-0.05, 0) is 40.0 Å². The van der Waals surface area contributed by atoms with Gasteiger partial charge in [0.2, 0.25) is 0 Å². The summed E-state index contributed by atoms with van der Waals surface area (Å²) in [6.07, 6.45) is 0. The molecule has 0 aromatic heterocycles. The first kappa shape index (κ1) is 11.7. The van der Waals surface area contributed by atoms with E-state index in [2.05, 4.69) is 21.4 Å². The average molecular weight is 288 g/mol. The minimum absolute atomic E-state index is 0.598. The molecule has 0 radical (unpaired) electrons. The summed E-state index contributed by atoms with van der Waals surface area (Å²) < 4.78 is 12.1. The summed E-state index contributed by atoms with van der Waals surface area (Å²) in [5, 5.41) is 0. The van der Waals surface area contributed by atoms with E-state index in [-0.39, 0.29) is 0 Å². The predicted octanol–water partition coefficient (Wildman–Crippen LogP) is 2.18. The minimum Gasteiger partial charge on any atom is -0.486 e. The Morgan fingerprint density at radius 3 is 2.75 bits per heavy atom. The van der Waals surface area contributed by atoms with E-state index >= 15 is 0 Å². The van der Waals surface area contributed by atoms with Crippen molar-refractivity contribution in [2.75, 3.05) is 20.3 Å². The molecule has 2 rings (SSSR count). The Kier molecular flexibility index (Phi) is 3.68. The Labute approximate surface area is 103 Å². The number of benzene rings is 1. The van der Waals surface area contributed by atoms with E-state index in [4.69, 9.17) is 14.3 Å². The van der Waals surface area contributed by atoms with Crippen LogP contribution in [0.15, 0.2) is 10.5 Å². The fourth-order valence-electron chi connectivity index (χ4n) is 1.68. The van der Waals surface area contributed by atoms with E-state index in [9.17, 15) is 0 Å². The van der Waals surface area contributed by atoms with E-state index < -0.39 is 0 Å². The summed E-state index contributed by atoms with van der Waals surface area (Å²) >= 11 is 3.49. The number of fused-ring (bicyclic) bond motifs is 1. The molecule has 1 aromatic rings. The molecule has 88 valence electrons. The zero-order chi connectivity index (χ0) is 11.5. The van der Waals surface area contributed by atoms with Gasteiger partial charge in [-0.15, -0.1) is 0 Å². The molecule has 0 saturated carbocycles. The van der Waals surface area contributed by atoms with Crippen LogP contribution in [0.5, 0.6) is 11.5 Å². The lowest BCUT2D eigenvalue weighted by molar-refractivity contribution is 0.0863. The summed E-state index contributed by atoms with van der Waals surface area (Å²) in [4.78, 5) is 4.85. The molecule has 5 heteroatoms. The van der Waals surface area contributed by atoms with Crippen LogP contribution in [-0.4, -0.2) is 20.3 Å². The van der Waals surface area contributed by atoms with Gasteiger partial charge in [0.05, 0.1) is 11.6 Å². The Bertz CT molecular complexity index is 395. The second-order valence-electron chi connectivity index (χ2n) is 3.52. The van der Waals surface area contributed by atoms with E-state index in [1.165, 1.54) is 0 Å². The van der Waals surface area contributed by atoms with E-state index in [1.54, 1.807) is 7.11 Å². The van der Waals surface area contributed by atoms with Crippen molar-refractivity contribution in [3.63, 3.8) is 0 Å². The summed E-state index contributed by atoms with van der Waals surface area (Å²) in [6.45, 7) is 3.85. The molecule has 0 fully saturated rings. The largest absolute Gasteiger partial charge is 0.486 e. The van der Waals surface area contributed by atoms with Crippen molar-refractivity contribution in [2.45, 2.75) is 13.5 Å². The van der Waals surface area contributed by atoms with Gasteiger partial charge in [-0.1, -0.05) is 0 Å². The van der Waals surface area contributed by atoms with Gasteiger partial charge in [0.15, 0.2) is 11.5 Å². The Morgan fingerprint density at radius 2 is 2.06 bits per heavy atom. The van der Waals surface area contributed by atoms with Crippen LogP contribution in [0, 0.1) is 6.92 Å². The maximum atomic E-state index is 5.63. The maximum Gasteiger partial charge on any atom is 0.175 e. The highest BCUT2D eigenvalue weighted by atomic mass is 79.9. The van der Waals surface area contributed by atoms with Crippen molar-refractivity contribution in [1.82, 2.24) is 5.48 Å². The van der Waals surface area contributed by atoms with Crippen molar-refractivity contribution in [1.29, 1.82) is 0 Å². The van der Waals surface area contributed by atoms with Gasteiger partial charge in [0.25, 0.3) is 0 Å². The second kappa shape index (κ2) is 5.03. The number of hydrogen-bond donors (Lipinski definition) is 1. The van der Waals surface area contributed by atoms with Crippen molar-refractivity contribution in [2.24, 2.45) is 0 Å². The number of hydroxylamine groups is 1. The first-order valence-corrected chi connectivity index (χ1v) is 5.86. The molecule has 4 nitrogen and oxygen atoms in total. The second-order valence-corrected chi connectivity index (χ2v) is 4.38. The van der Waals surface area contributed by atoms with Gasteiger partial charge in [-0.3, -0.25) is 0 Å². The lowest BCUT2D eigenvalue weighted by Gasteiger charge is -2.23. The topological polar surface area (TPSA) is 39.7 Å². The molecule has 0 saturated heterocycles. The standard InChI is InChI=1S/C11H14BrNO3/c1-7-8(6-13-14-2)5-9(12)11-10(7)15-3-4-16-11/h5,13H,3-4,6H2,1-2H3. The van der Waals surface area contributed by atoms with Crippen LogP contribution in [0.1, 0.15) is 11.1 Å². The van der Waals surface area contributed by atoms with Gasteiger partial charge < -0.3 is 14.3 Å². The van der Waals surface area contributed by atoms with Crippen molar-refractivity contribution in [3.8, 4) is 11.5 Å². The molecule has 1 N–H and O–H groups in total. The van der Waals surface area contributed by atoms with Crippen molar-refractivity contribution in [3.05, 3.63) is 21.7 Å². The lowest BCUT2D eigenvalue weighted by atomic mass is 10.1. The molecule has 1 aliphatic rings. The third-order valence-corrected chi connectivity index (χ3v) is 3.12. The molecule has 1 aliphatic heterocycles. The van der Waals surface area contributed by atoms with Crippen LogP contribution >= 0.6 is 15.9 Å². The number of ether oxygens (including phenoxy) is 2. The first-order valence-electron chi connectivity index (χ1n) is 5.07. The van der Waals surface area contributed by atoms with Gasteiger partial charge in [-0.2, -0.15) is 5.48 Å². The Morgan fingerprint density at radius 1 is 1.38 bits per heavy atom. The lowest BCUT2D eigenvalue weighted by Crippen LogP contribution is -2.18. The molecular formula is C11H14BrNO3. The molecule has 1 aromatic carbocycles.